The van der Waals surface area contributed by atoms with Gasteiger partial charge in [0.15, 0.2) is 4.80 Å². The fourth-order valence-corrected chi connectivity index (χ4v) is 5.10. The highest BCUT2D eigenvalue weighted by Crippen LogP contribution is 2.20. The van der Waals surface area contributed by atoms with Crippen LogP contribution in [0.5, 0.6) is 0 Å². The minimum Gasteiger partial charge on any atom is -0.319 e. The van der Waals surface area contributed by atoms with Gasteiger partial charge in [0.25, 0.3) is 15.9 Å². The lowest BCUT2D eigenvalue weighted by Crippen LogP contribution is -2.14. The minimum atomic E-state index is -3.79. The highest BCUT2D eigenvalue weighted by molar-refractivity contribution is 7.92. The number of benzene rings is 3. The fraction of sp³-hybridized carbons (Fsp3) is 0.0476. The summed E-state index contributed by atoms with van der Waals surface area (Å²) in [6.07, 6.45) is 0. The number of anilines is 1. The normalized spacial score (nSPS) is 12.3. The zero-order chi connectivity index (χ0) is 22.2. The predicted molar refractivity (Wildman–Crippen MR) is 119 cm³/mol. The van der Waals surface area contributed by atoms with Crippen LogP contribution in [0, 0.1) is 5.82 Å². The molecule has 1 N–H and O–H groups in total. The molecule has 6 nitrogen and oxygen atoms in total. The number of aromatic nitrogens is 1. The number of hydrogen-bond donors (Lipinski definition) is 1. The molecule has 0 aliphatic carbocycles. The number of carbonyl (C=O) groups is 1. The number of nitrogens with zero attached hydrogens (tertiary/aromatic N) is 2. The second kappa shape index (κ2) is 8.26. The highest BCUT2D eigenvalue weighted by Gasteiger charge is 2.14. The Morgan fingerprint density at radius 3 is 2.42 bits per heavy atom. The van der Waals surface area contributed by atoms with E-state index in [-0.39, 0.29) is 16.3 Å². The minimum absolute atomic E-state index is 0.0701. The van der Waals surface area contributed by atoms with Crippen LogP contribution in [0.4, 0.5) is 10.1 Å². The summed E-state index contributed by atoms with van der Waals surface area (Å²) >= 11 is 7.00. The quantitative estimate of drug-likeness (QED) is 0.469. The number of nitrogens with one attached hydrogen (secondary N) is 1. The van der Waals surface area contributed by atoms with Crippen LogP contribution < -0.4 is 9.52 Å². The Labute approximate surface area is 186 Å². The summed E-state index contributed by atoms with van der Waals surface area (Å²) in [5.41, 5.74) is 1.36. The first-order valence-corrected chi connectivity index (χ1v) is 11.6. The van der Waals surface area contributed by atoms with E-state index in [1.54, 1.807) is 17.7 Å². The van der Waals surface area contributed by atoms with Gasteiger partial charge in [-0.1, -0.05) is 22.9 Å². The Kier molecular flexibility index (Phi) is 5.65. The number of sulfonamides is 1. The third kappa shape index (κ3) is 4.53. The second-order valence-electron chi connectivity index (χ2n) is 6.61. The van der Waals surface area contributed by atoms with E-state index in [1.807, 2.05) is 0 Å². The molecule has 1 amide bonds. The SMILES string of the molecule is Cn1c(=NC(=O)c2ccc(NS(=O)(=O)c3ccc(Cl)cc3)cc2)sc2cc(F)ccc21. The van der Waals surface area contributed by atoms with Gasteiger partial charge < -0.3 is 4.57 Å². The molecule has 0 saturated heterocycles. The van der Waals surface area contributed by atoms with Gasteiger partial charge in [0.2, 0.25) is 0 Å². The molecule has 1 heterocycles. The van der Waals surface area contributed by atoms with Crippen molar-refractivity contribution in [1.82, 2.24) is 4.57 Å². The van der Waals surface area contributed by atoms with Crippen molar-refractivity contribution >= 4 is 54.8 Å². The molecular formula is C21H15ClFN3O3S2. The van der Waals surface area contributed by atoms with Crippen molar-refractivity contribution in [3.63, 3.8) is 0 Å². The lowest BCUT2D eigenvalue weighted by atomic mass is 10.2. The van der Waals surface area contributed by atoms with Crippen LogP contribution in [0.15, 0.2) is 76.6 Å². The van der Waals surface area contributed by atoms with Gasteiger partial charge in [0.05, 0.1) is 15.1 Å². The van der Waals surface area contributed by atoms with Gasteiger partial charge >= 0.3 is 0 Å². The fourth-order valence-electron chi connectivity index (χ4n) is 2.87. The van der Waals surface area contributed by atoms with Crippen LogP contribution in [-0.4, -0.2) is 18.9 Å². The number of aryl methyl sites for hydroxylation is 1. The summed E-state index contributed by atoms with van der Waals surface area (Å²) in [5.74, 6) is -0.849. The summed E-state index contributed by atoms with van der Waals surface area (Å²) in [7, 11) is -2.04. The topological polar surface area (TPSA) is 80.5 Å². The van der Waals surface area contributed by atoms with Crippen LogP contribution in [0.3, 0.4) is 0 Å². The predicted octanol–water partition coefficient (Wildman–Crippen LogP) is 4.57. The van der Waals surface area contributed by atoms with E-state index in [1.165, 1.54) is 72.0 Å². The Bertz CT molecular complexity index is 1460. The molecule has 0 saturated carbocycles. The van der Waals surface area contributed by atoms with Crippen molar-refractivity contribution in [2.45, 2.75) is 4.90 Å². The maximum absolute atomic E-state index is 13.4. The lowest BCUT2D eigenvalue weighted by Gasteiger charge is -2.08. The summed E-state index contributed by atoms with van der Waals surface area (Å²) in [6.45, 7) is 0. The molecule has 0 unspecified atom stereocenters. The van der Waals surface area contributed by atoms with Gasteiger partial charge in [0.1, 0.15) is 5.82 Å². The molecule has 158 valence electrons. The summed E-state index contributed by atoms with van der Waals surface area (Å²) in [4.78, 5) is 17.2. The van der Waals surface area contributed by atoms with Gasteiger partial charge in [-0.3, -0.25) is 9.52 Å². The second-order valence-corrected chi connectivity index (χ2v) is 9.74. The smallest absolute Gasteiger partial charge is 0.279 e. The lowest BCUT2D eigenvalue weighted by molar-refractivity contribution is 0.0998. The molecule has 10 heteroatoms. The van der Waals surface area contributed by atoms with Crippen molar-refractivity contribution in [1.29, 1.82) is 0 Å². The number of carbonyl (C=O) groups excluding carboxylic acids is 1. The molecule has 0 fully saturated rings. The van der Waals surface area contributed by atoms with Crippen LogP contribution in [0.1, 0.15) is 10.4 Å². The van der Waals surface area contributed by atoms with Crippen LogP contribution in [0.2, 0.25) is 5.02 Å². The van der Waals surface area contributed by atoms with Gasteiger partial charge in [-0.15, -0.1) is 0 Å². The third-order valence-electron chi connectivity index (χ3n) is 4.48. The molecule has 1 aromatic heterocycles. The van der Waals surface area contributed by atoms with Crippen molar-refractivity contribution in [2.75, 3.05) is 4.72 Å². The summed E-state index contributed by atoms with van der Waals surface area (Å²) < 4.78 is 43.2. The van der Waals surface area contributed by atoms with E-state index in [0.717, 1.165) is 5.52 Å². The average molecular weight is 476 g/mol. The van der Waals surface area contributed by atoms with E-state index < -0.39 is 15.9 Å². The molecule has 4 rings (SSSR count). The van der Waals surface area contributed by atoms with Crippen molar-refractivity contribution in [3.05, 3.63) is 87.9 Å². The Morgan fingerprint density at radius 2 is 1.74 bits per heavy atom. The van der Waals surface area contributed by atoms with Gasteiger partial charge in [0, 0.05) is 23.3 Å². The van der Waals surface area contributed by atoms with E-state index in [2.05, 4.69) is 9.71 Å². The van der Waals surface area contributed by atoms with Crippen molar-refractivity contribution in [2.24, 2.45) is 12.0 Å². The number of thiazole rings is 1. The van der Waals surface area contributed by atoms with E-state index >= 15 is 0 Å². The Morgan fingerprint density at radius 1 is 1.06 bits per heavy atom. The number of amides is 1. The van der Waals surface area contributed by atoms with Crippen molar-refractivity contribution in [3.8, 4) is 0 Å². The maximum Gasteiger partial charge on any atom is 0.279 e. The first kappa shape index (κ1) is 21.2. The molecular weight excluding hydrogens is 461 g/mol. The monoisotopic (exact) mass is 475 g/mol. The molecule has 31 heavy (non-hydrogen) atoms. The van der Waals surface area contributed by atoms with E-state index in [9.17, 15) is 17.6 Å². The van der Waals surface area contributed by atoms with Crippen molar-refractivity contribution < 1.29 is 17.6 Å². The number of rotatable bonds is 4. The third-order valence-corrected chi connectivity index (χ3v) is 7.22. The molecule has 0 radical (unpaired) electrons. The molecule has 0 aliphatic heterocycles. The standard InChI is InChI=1S/C21H15ClFN3O3S2/c1-26-18-11-6-15(23)12-19(18)30-21(26)24-20(27)13-2-7-16(8-3-13)25-31(28,29)17-9-4-14(22)5-10-17/h2-12,25H,1H3. The van der Waals surface area contributed by atoms with E-state index in [4.69, 9.17) is 11.6 Å². The zero-order valence-electron chi connectivity index (χ0n) is 16.0. The Hall–Kier alpha value is -3.01. The number of halogens is 2. The maximum atomic E-state index is 13.4. The first-order chi connectivity index (χ1) is 14.7. The number of fused-ring (bicyclic) bond motifs is 1. The molecule has 0 atom stereocenters. The van der Waals surface area contributed by atoms with Gasteiger partial charge in [-0.05, 0) is 66.7 Å². The van der Waals surface area contributed by atoms with Gasteiger partial charge in [-0.25, -0.2) is 12.8 Å². The molecule has 3 aromatic carbocycles. The highest BCUT2D eigenvalue weighted by atomic mass is 35.5. The Balaban J connectivity index is 1.57. The van der Waals surface area contributed by atoms with Gasteiger partial charge in [-0.2, -0.15) is 4.99 Å². The molecule has 0 bridgehead atoms. The molecule has 0 spiro atoms. The number of hydrogen-bond acceptors (Lipinski definition) is 4. The average Bonchev–Trinajstić information content (AvgIpc) is 3.03. The van der Waals surface area contributed by atoms with E-state index in [0.29, 0.717) is 20.2 Å². The first-order valence-electron chi connectivity index (χ1n) is 8.95. The van der Waals surface area contributed by atoms with Crippen LogP contribution in [-0.2, 0) is 17.1 Å². The summed E-state index contributed by atoms with van der Waals surface area (Å²) in [6, 6.07) is 16.1. The molecule has 0 aliphatic rings. The van der Waals surface area contributed by atoms with Crippen LogP contribution >= 0.6 is 22.9 Å². The molecule has 4 aromatic rings. The zero-order valence-corrected chi connectivity index (χ0v) is 18.4. The summed E-state index contributed by atoms with van der Waals surface area (Å²) in [5, 5.41) is 0.433. The van der Waals surface area contributed by atoms with Crippen LogP contribution in [0.25, 0.3) is 10.2 Å². The largest absolute Gasteiger partial charge is 0.319 e.